The zero-order chi connectivity index (χ0) is 17.3. The number of nitrogens with zero attached hydrogens (tertiary/aromatic N) is 1. The Labute approximate surface area is 153 Å². The number of piperidine rings is 1. The zero-order valence-electron chi connectivity index (χ0n) is 14.3. The highest BCUT2D eigenvalue weighted by Gasteiger charge is 2.47. The lowest BCUT2D eigenvalue weighted by Crippen LogP contribution is -2.54. The summed E-state index contributed by atoms with van der Waals surface area (Å²) in [5.74, 6) is -0.277. The lowest BCUT2D eigenvalue weighted by molar-refractivity contribution is -0.189. The number of hydrogen-bond acceptors (Lipinski definition) is 4. The van der Waals surface area contributed by atoms with E-state index in [0.29, 0.717) is 57.4 Å². The predicted molar refractivity (Wildman–Crippen MR) is 93.6 cm³/mol. The molecule has 0 aliphatic carbocycles. The Morgan fingerprint density at radius 1 is 1.00 bits per heavy atom. The summed E-state index contributed by atoms with van der Waals surface area (Å²) in [6.07, 6.45) is 2.86. The van der Waals surface area contributed by atoms with Gasteiger partial charge in [-0.15, -0.1) is 0 Å². The van der Waals surface area contributed by atoms with Crippen LogP contribution in [0.4, 0.5) is 0 Å². The Kier molecular flexibility index (Phi) is 4.75. The summed E-state index contributed by atoms with van der Waals surface area (Å²) < 4.78 is 17.1. The van der Waals surface area contributed by atoms with Crippen molar-refractivity contribution in [2.75, 3.05) is 39.5 Å². The Morgan fingerprint density at radius 3 is 2.32 bits per heavy atom. The van der Waals surface area contributed by atoms with E-state index in [2.05, 4.69) is 0 Å². The molecule has 3 saturated heterocycles. The number of carbonyl (C=O) groups excluding carboxylic acids is 1. The molecule has 4 rings (SSSR count). The standard InChI is InChI=1S/C19H24ClNO4/c20-16-3-1-2-15(14-16)18(6-10-23-11-7-18)17(22)21-8-4-19(5-9-21)24-12-13-25-19/h1-3,14H,4-13H2. The Morgan fingerprint density at radius 2 is 1.68 bits per heavy atom. The van der Waals surface area contributed by atoms with Crippen LogP contribution in [0.1, 0.15) is 31.2 Å². The minimum Gasteiger partial charge on any atom is -0.381 e. The molecule has 0 saturated carbocycles. The summed E-state index contributed by atoms with van der Waals surface area (Å²) in [6, 6.07) is 7.72. The maximum Gasteiger partial charge on any atom is 0.233 e. The lowest BCUT2D eigenvalue weighted by Gasteiger charge is -2.44. The maximum atomic E-state index is 13.5. The smallest absolute Gasteiger partial charge is 0.233 e. The summed E-state index contributed by atoms with van der Waals surface area (Å²) in [5.41, 5.74) is 0.465. The van der Waals surface area contributed by atoms with Crippen molar-refractivity contribution >= 4 is 17.5 Å². The number of amides is 1. The first-order valence-corrected chi connectivity index (χ1v) is 9.43. The van der Waals surface area contributed by atoms with Gasteiger partial charge in [0.25, 0.3) is 0 Å². The molecule has 0 bridgehead atoms. The fourth-order valence-electron chi connectivity index (χ4n) is 4.27. The van der Waals surface area contributed by atoms with Gasteiger partial charge in [-0.3, -0.25) is 4.79 Å². The van der Waals surface area contributed by atoms with Crippen molar-refractivity contribution in [1.29, 1.82) is 0 Å². The third-order valence-corrected chi connectivity index (χ3v) is 5.99. The number of rotatable bonds is 2. The van der Waals surface area contributed by atoms with Gasteiger partial charge in [-0.1, -0.05) is 23.7 Å². The van der Waals surface area contributed by atoms with Crippen molar-refractivity contribution in [2.45, 2.75) is 36.9 Å². The minimum atomic E-state index is -0.537. The fourth-order valence-corrected chi connectivity index (χ4v) is 4.46. The molecule has 0 N–H and O–H groups in total. The van der Waals surface area contributed by atoms with Gasteiger partial charge in [-0.05, 0) is 30.5 Å². The Bertz CT molecular complexity index is 628. The molecule has 3 aliphatic rings. The SMILES string of the molecule is O=C(N1CCC2(CC1)OCCO2)C1(c2cccc(Cl)c2)CCOCC1. The van der Waals surface area contributed by atoms with Gasteiger partial charge in [0, 0.05) is 44.2 Å². The third-order valence-electron chi connectivity index (χ3n) is 5.76. The van der Waals surface area contributed by atoms with Gasteiger partial charge < -0.3 is 19.1 Å². The van der Waals surface area contributed by atoms with Crippen LogP contribution < -0.4 is 0 Å². The van der Waals surface area contributed by atoms with Crippen LogP contribution in [-0.4, -0.2) is 56.1 Å². The van der Waals surface area contributed by atoms with Crippen LogP contribution in [0.3, 0.4) is 0 Å². The lowest BCUT2D eigenvalue weighted by atomic mass is 9.72. The van der Waals surface area contributed by atoms with Crippen LogP contribution in [0.15, 0.2) is 24.3 Å². The average Bonchev–Trinajstić information content (AvgIpc) is 3.10. The van der Waals surface area contributed by atoms with Crippen LogP contribution in [0.25, 0.3) is 0 Å². The second-order valence-electron chi connectivity index (χ2n) is 7.10. The first-order chi connectivity index (χ1) is 12.1. The first kappa shape index (κ1) is 17.3. The van der Waals surface area contributed by atoms with E-state index in [9.17, 15) is 4.79 Å². The number of halogens is 1. The highest BCUT2D eigenvalue weighted by atomic mass is 35.5. The van der Waals surface area contributed by atoms with Crippen molar-refractivity contribution in [1.82, 2.24) is 4.90 Å². The number of ether oxygens (including phenoxy) is 3. The molecule has 1 aromatic rings. The van der Waals surface area contributed by atoms with E-state index < -0.39 is 11.2 Å². The van der Waals surface area contributed by atoms with E-state index in [1.807, 2.05) is 29.2 Å². The van der Waals surface area contributed by atoms with E-state index in [0.717, 1.165) is 18.4 Å². The van der Waals surface area contributed by atoms with Gasteiger partial charge in [0.2, 0.25) is 5.91 Å². The van der Waals surface area contributed by atoms with Gasteiger partial charge in [0.15, 0.2) is 5.79 Å². The quantitative estimate of drug-likeness (QED) is 0.808. The van der Waals surface area contributed by atoms with E-state index in [-0.39, 0.29) is 5.91 Å². The third kappa shape index (κ3) is 3.19. The van der Waals surface area contributed by atoms with Crippen LogP contribution in [0.2, 0.25) is 5.02 Å². The van der Waals surface area contributed by atoms with Gasteiger partial charge in [0.05, 0.1) is 18.6 Å². The van der Waals surface area contributed by atoms with Gasteiger partial charge in [-0.2, -0.15) is 0 Å². The molecule has 0 aromatic heterocycles. The van der Waals surface area contributed by atoms with Gasteiger partial charge in [-0.25, -0.2) is 0 Å². The van der Waals surface area contributed by atoms with Crippen molar-refractivity contribution in [2.24, 2.45) is 0 Å². The van der Waals surface area contributed by atoms with Crippen molar-refractivity contribution in [3.05, 3.63) is 34.9 Å². The molecule has 1 aromatic carbocycles. The molecular weight excluding hydrogens is 342 g/mol. The Balaban J connectivity index is 1.56. The summed E-state index contributed by atoms with van der Waals surface area (Å²) in [6.45, 7) is 3.84. The number of benzene rings is 1. The molecule has 0 unspecified atom stereocenters. The highest BCUT2D eigenvalue weighted by molar-refractivity contribution is 6.30. The molecule has 3 aliphatic heterocycles. The van der Waals surface area contributed by atoms with E-state index >= 15 is 0 Å². The highest BCUT2D eigenvalue weighted by Crippen LogP contribution is 2.40. The molecule has 136 valence electrons. The predicted octanol–water partition coefficient (Wildman–Crippen LogP) is 2.75. The topological polar surface area (TPSA) is 48.0 Å². The van der Waals surface area contributed by atoms with Gasteiger partial charge in [0.1, 0.15) is 0 Å². The summed E-state index contributed by atoms with van der Waals surface area (Å²) in [5, 5.41) is 0.668. The second-order valence-corrected chi connectivity index (χ2v) is 7.54. The van der Waals surface area contributed by atoms with E-state index in [1.165, 1.54) is 0 Å². The van der Waals surface area contributed by atoms with Crippen LogP contribution in [0, 0.1) is 0 Å². The summed E-state index contributed by atoms with van der Waals surface area (Å²) in [4.78, 5) is 15.5. The largest absolute Gasteiger partial charge is 0.381 e. The monoisotopic (exact) mass is 365 g/mol. The zero-order valence-corrected chi connectivity index (χ0v) is 15.1. The minimum absolute atomic E-state index is 0.186. The molecule has 25 heavy (non-hydrogen) atoms. The maximum absolute atomic E-state index is 13.5. The van der Waals surface area contributed by atoms with Gasteiger partial charge >= 0.3 is 0 Å². The molecule has 5 nitrogen and oxygen atoms in total. The van der Waals surface area contributed by atoms with Crippen molar-refractivity contribution < 1.29 is 19.0 Å². The molecule has 0 radical (unpaired) electrons. The summed E-state index contributed by atoms with van der Waals surface area (Å²) in [7, 11) is 0. The number of carbonyl (C=O) groups is 1. The molecule has 3 fully saturated rings. The second kappa shape index (κ2) is 6.88. The molecule has 1 spiro atoms. The summed E-state index contributed by atoms with van der Waals surface area (Å²) >= 11 is 6.21. The van der Waals surface area contributed by atoms with Crippen LogP contribution >= 0.6 is 11.6 Å². The first-order valence-electron chi connectivity index (χ1n) is 9.05. The molecular formula is C19H24ClNO4. The van der Waals surface area contributed by atoms with Crippen molar-refractivity contribution in [3.8, 4) is 0 Å². The normalized spacial score (nSPS) is 25.2. The molecule has 6 heteroatoms. The van der Waals surface area contributed by atoms with Crippen LogP contribution in [-0.2, 0) is 24.4 Å². The van der Waals surface area contributed by atoms with E-state index in [4.69, 9.17) is 25.8 Å². The van der Waals surface area contributed by atoms with E-state index in [1.54, 1.807) is 0 Å². The Hall–Kier alpha value is -1.14. The number of likely N-dealkylation sites (tertiary alicyclic amines) is 1. The van der Waals surface area contributed by atoms with Crippen molar-refractivity contribution in [3.63, 3.8) is 0 Å². The molecule has 0 atom stereocenters. The fraction of sp³-hybridized carbons (Fsp3) is 0.632. The average molecular weight is 366 g/mol. The molecule has 3 heterocycles. The molecule has 1 amide bonds. The van der Waals surface area contributed by atoms with Crippen LogP contribution in [0.5, 0.6) is 0 Å². The number of hydrogen-bond donors (Lipinski definition) is 0.